The third-order valence-corrected chi connectivity index (χ3v) is 3.47. The second kappa shape index (κ2) is 4.28. The summed E-state index contributed by atoms with van der Waals surface area (Å²) >= 11 is 4.98. The molecule has 0 fully saturated rings. The Bertz CT molecular complexity index is 343. The van der Waals surface area contributed by atoms with Gasteiger partial charge in [0.2, 0.25) is 0 Å². The zero-order valence-corrected chi connectivity index (χ0v) is 10.00. The van der Waals surface area contributed by atoms with E-state index in [0.717, 1.165) is 10.0 Å². The molecule has 1 nitrogen and oxygen atoms in total. The molecule has 0 spiro atoms. The normalized spacial score (nSPS) is 14.5. The van der Waals surface area contributed by atoms with Crippen molar-refractivity contribution in [3.05, 3.63) is 20.8 Å². The van der Waals surface area contributed by atoms with Crippen LogP contribution in [0.15, 0.2) is 15.2 Å². The summed E-state index contributed by atoms with van der Waals surface area (Å²) in [5.74, 6) is 5.78. The van der Waals surface area contributed by atoms with Crippen LogP contribution < -0.4 is 0 Å². The number of halogens is 1. The molecular formula is C10H11BrOS. The molecule has 3 heteroatoms. The highest BCUT2D eigenvalue weighted by Crippen LogP contribution is 2.20. The first-order valence-corrected chi connectivity index (χ1v) is 5.76. The van der Waals surface area contributed by atoms with E-state index in [1.54, 1.807) is 18.3 Å². The number of hydrogen-bond acceptors (Lipinski definition) is 2. The maximum Gasteiger partial charge on any atom is 0.122 e. The van der Waals surface area contributed by atoms with Crippen molar-refractivity contribution < 1.29 is 5.11 Å². The van der Waals surface area contributed by atoms with Gasteiger partial charge in [0.1, 0.15) is 5.60 Å². The summed E-state index contributed by atoms with van der Waals surface area (Å²) in [6.07, 6.45) is 0.641. The van der Waals surface area contributed by atoms with Crippen LogP contribution in [0.2, 0.25) is 0 Å². The average Bonchev–Trinajstić information content (AvgIpc) is 2.48. The molecule has 0 aromatic carbocycles. The van der Waals surface area contributed by atoms with Gasteiger partial charge in [0.05, 0.1) is 0 Å². The van der Waals surface area contributed by atoms with Gasteiger partial charge in [0.15, 0.2) is 0 Å². The van der Waals surface area contributed by atoms with Crippen LogP contribution in [0.25, 0.3) is 0 Å². The summed E-state index contributed by atoms with van der Waals surface area (Å²) in [7, 11) is 0. The largest absolute Gasteiger partial charge is 0.378 e. The van der Waals surface area contributed by atoms with Crippen LogP contribution in [0, 0.1) is 11.8 Å². The Morgan fingerprint density at radius 2 is 2.31 bits per heavy atom. The molecule has 0 aliphatic carbocycles. The molecule has 1 aromatic heterocycles. The van der Waals surface area contributed by atoms with Crippen LogP contribution in [-0.2, 0) is 0 Å². The van der Waals surface area contributed by atoms with Crippen molar-refractivity contribution in [1.82, 2.24) is 0 Å². The Morgan fingerprint density at radius 1 is 1.62 bits per heavy atom. The Morgan fingerprint density at radius 3 is 2.77 bits per heavy atom. The van der Waals surface area contributed by atoms with E-state index in [4.69, 9.17) is 0 Å². The minimum atomic E-state index is -0.874. The predicted octanol–water partition coefficient (Wildman–Crippen LogP) is 3.02. The molecule has 0 radical (unpaired) electrons. The van der Waals surface area contributed by atoms with E-state index in [-0.39, 0.29) is 0 Å². The molecule has 1 rings (SSSR count). The highest BCUT2D eigenvalue weighted by molar-refractivity contribution is 9.10. The minimum Gasteiger partial charge on any atom is -0.378 e. The maximum absolute atomic E-state index is 9.63. The SMILES string of the molecule is CCC(C)(O)C#Cc1cscc1Br. The van der Waals surface area contributed by atoms with Crippen LogP contribution >= 0.6 is 27.3 Å². The summed E-state index contributed by atoms with van der Waals surface area (Å²) in [6, 6.07) is 0. The van der Waals surface area contributed by atoms with Gasteiger partial charge < -0.3 is 5.11 Å². The lowest BCUT2D eigenvalue weighted by Gasteiger charge is -2.11. The fourth-order valence-corrected chi connectivity index (χ4v) is 1.99. The zero-order valence-electron chi connectivity index (χ0n) is 7.60. The van der Waals surface area contributed by atoms with Crippen molar-refractivity contribution in [1.29, 1.82) is 0 Å². The molecule has 0 amide bonds. The van der Waals surface area contributed by atoms with Crippen molar-refractivity contribution >= 4 is 27.3 Å². The molecule has 0 bridgehead atoms. The standard InChI is InChI=1S/C10H11BrOS/c1-3-10(2,12)5-4-8-6-13-7-9(8)11/h6-7,12H,3H2,1-2H3. The molecule has 1 aromatic rings. The summed E-state index contributed by atoms with van der Waals surface area (Å²) < 4.78 is 0.997. The van der Waals surface area contributed by atoms with E-state index in [0.29, 0.717) is 6.42 Å². The third-order valence-electron chi connectivity index (χ3n) is 1.77. The lowest BCUT2D eigenvalue weighted by Crippen LogP contribution is -2.19. The lowest BCUT2D eigenvalue weighted by atomic mass is 10.0. The van der Waals surface area contributed by atoms with E-state index in [1.165, 1.54) is 0 Å². The Kier molecular flexibility index (Phi) is 3.55. The summed E-state index contributed by atoms with van der Waals surface area (Å²) in [5, 5.41) is 13.6. The van der Waals surface area contributed by atoms with Gasteiger partial charge in [-0.15, -0.1) is 11.3 Å². The number of thiophene rings is 1. The highest BCUT2D eigenvalue weighted by atomic mass is 79.9. The van der Waals surface area contributed by atoms with Crippen molar-refractivity contribution in [3.63, 3.8) is 0 Å². The third kappa shape index (κ3) is 3.15. The smallest absolute Gasteiger partial charge is 0.122 e. The Balaban J connectivity index is 2.84. The van der Waals surface area contributed by atoms with Crippen LogP contribution in [0.4, 0.5) is 0 Å². The van der Waals surface area contributed by atoms with E-state index >= 15 is 0 Å². The molecule has 1 heterocycles. The molecule has 0 aliphatic heterocycles. The number of hydrogen-bond donors (Lipinski definition) is 1. The fourth-order valence-electron chi connectivity index (χ4n) is 0.661. The van der Waals surface area contributed by atoms with Crippen LogP contribution in [0.5, 0.6) is 0 Å². The topological polar surface area (TPSA) is 20.2 Å². The quantitative estimate of drug-likeness (QED) is 0.768. The molecule has 13 heavy (non-hydrogen) atoms. The van der Waals surface area contributed by atoms with Gasteiger partial charge >= 0.3 is 0 Å². The van der Waals surface area contributed by atoms with Crippen LogP contribution in [-0.4, -0.2) is 10.7 Å². The van der Waals surface area contributed by atoms with Gasteiger partial charge in [-0.25, -0.2) is 0 Å². The Hall–Kier alpha value is -0.300. The Labute approximate surface area is 90.9 Å². The molecule has 1 atom stereocenters. The van der Waals surface area contributed by atoms with E-state index in [1.807, 2.05) is 17.7 Å². The van der Waals surface area contributed by atoms with Gasteiger partial charge in [-0.3, -0.25) is 0 Å². The van der Waals surface area contributed by atoms with Crippen molar-refractivity contribution in [2.45, 2.75) is 25.9 Å². The van der Waals surface area contributed by atoms with Crippen molar-refractivity contribution in [2.75, 3.05) is 0 Å². The van der Waals surface area contributed by atoms with E-state index < -0.39 is 5.60 Å². The first kappa shape index (κ1) is 10.8. The summed E-state index contributed by atoms with van der Waals surface area (Å²) in [6.45, 7) is 3.64. The number of aliphatic hydroxyl groups is 1. The summed E-state index contributed by atoms with van der Waals surface area (Å²) in [5.41, 5.74) is 0.0696. The fraction of sp³-hybridized carbons (Fsp3) is 0.400. The first-order valence-electron chi connectivity index (χ1n) is 4.02. The molecule has 70 valence electrons. The minimum absolute atomic E-state index is 0.641. The molecular weight excluding hydrogens is 248 g/mol. The monoisotopic (exact) mass is 258 g/mol. The lowest BCUT2D eigenvalue weighted by molar-refractivity contribution is 0.118. The van der Waals surface area contributed by atoms with Crippen molar-refractivity contribution in [3.8, 4) is 11.8 Å². The molecule has 1 unspecified atom stereocenters. The highest BCUT2D eigenvalue weighted by Gasteiger charge is 2.12. The van der Waals surface area contributed by atoms with Gasteiger partial charge in [0.25, 0.3) is 0 Å². The van der Waals surface area contributed by atoms with Gasteiger partial charge in [-0.1, -0.05) is 18.8 Å². The summed E-state index contributed by atoms with van der Waals surface area (Å²) in [4.78, 5) is 0. The molecule has 0 saturated carbocycles. The molecule has 0 aliphatic rings. The maximum atomic E-state index is 9.63. The second-order valence-electron chi connectivity index (χ2n) is 3.01. The first-order chi connectivity index (χ1) is 6.05. The van der Waals surface area contributed by atoms with E-state index in [2.05, 4.69) is 27.8 Å². The zero-order chi connectivity index (χ0) is 9.90. The van der Waals surface area contributed by atoms with Crippen LogP contribution in [0.1, 0.15) is 25.8 Å². The van der Waals surface area contributed by atoms with Crippen LogP contribution in [0.3, 0.4) is 0 Å². The van der Waals surface area contributed by atoms with Crippen molar-refractivity contribution in [2.24, 2.45) is 0 Å². The predicted molar refractivity (Wildman–Crippen MR) is 59.8 cm³/mol. The van der Waals surface area contributed by atoms with Gasteiger partial charge in [0, 0.05) is 20.8 Å². The van der Waals surface area contributed by atoms with Gasteiger partial charge in [-0.2, -0.15) is 0 Å². The van der Waals surface area contributed by atoms with Gasteiger partial charge in [-0.05, 0) is 29.3 Å². The van der Waals surface area contributed by atoms with E-state index in [9.17, 15) is 5.11 Å². The molecule has 0 saturated heterocycles. The number of rotatable bonds is 1. The average molecular weight is 259 g/mol. The molecule has 1 N–H and O–H groups in total. The second-order valence-corrected chi connectivity index (χ2v) is 4.61.